The van der Waals surface area contributed by atoms with Crippen molar-refractivity contribution in [1.82, 2.24) is 0 Å². The van der Waals surface area contributed by atoms with E-state index in [1.807, 2.05) is 0 Å². The minimum atomic E-state index is -2.61. The molecule has 0 aromatic rings. The molecule has 0 saturated heterocycles. The average molecular weight is 170 g/mol. The quantitative estimate of drug-likeness (QED) is 0.355. The Morgan fingerprint density at radius 1 is 1.30 bits per heavy atom. The van der Waals surface area contributed by atoms with Crippen LogP contribution in [0, 0.1) is 0 Å². The van der Waals surface area contributed by atoms with E-state index in [2.05, 4.69) is 0 Å². The summed E-state index contributed by atoms with van der Waals surface area (Å²) in [5.41, 5.74) is 0. The average Bonchev–Trinajstić information content (AvgIpc) is 1.63. The Morgan fingerprint density at radius 3 is 1.40 bits per heavy atom. The molecule has 0 radical (unpaired) electrons. The van der Waals surface area contributed by atoms with Gasteiger partial charge in [-0.3, -0.25) is 13.9 Å². The molecule has 0 aromatic heterocycles. The predicted octanol–water partition coefficient (Wildman–Crippen LogP) is -0.659. The van der Waals surface area contributed by atoms with Gasteiger partial charge in [-0.05, 0) is 0 Å². The van der Waals surface area contributed by atoms with Crippen molar-refractivity contribution < 1.29 is 28.0 Å². The summed E-state index contributed by atoms with van der Waals surface area (Å²) in [6.45, 7) is 1.00. The van der Waals surface area contributed by atoms with Gasteiger partial charge in [-0.2, -0.15) is 4.21 Å². The third-order valence-corrected chi connectivity index (χ3v) is 0.301. The molecule has 0 spiro atoms. The number of hydrogen-bond donors (Lipinski definition) is 3. The second-order valence-electron chi connectivity index (χ2n) is 1.09. The van der Waals surface area contributed by atoms with Gasteiger partial charge >= 0.3 is 5.97 Å². The molecule has 6 nitrogen and oxygen atoms in total. The molecule has 0 heterocycles. The minimum Gasteiger partial charge on any atom is -0.476 e. The molecule has 60 valence electrons. The van der Waals surface area contributed by atoms with Crippen LogP contribution in [0.2, 0.25) is 0 Å². The van der Waals surface area contributed by atoms with Crippen LogP contribution in [0.25, 0.3) is 0 Å². The molecule has 0 bridgehead atoms. The van der Waals surface area contributed by atoms with Crippen LogP contribution >= 0.6 is 0 Å². The number of rotatable bonds is 1. The summed E-state index contributed by atoms with van der Waals surface area (Å²) in [6.07, 6.45) is 0. The Labute approximate surface area is 59.0 Å². The molecule has 0 aliphatic rings. The summed E-state index contributed by atoms with van der Waals surface area (Å²) in [5.74, 6) is -2.20. The lowest BCUT2D eigenvalue weighted by molar-refractivity contribution is -0.148. The number of carboxylic acid groups (broad SMARTS) is 1. The van der Waals surface area contributed by atoms with Crippen molar-refractivity contribution in [2.45, 2.75) is 6.92 Å². The third-order valence-electron chi connectivity index (χ3n) is 0.301. The zero-order valence-corrected chi connectivity index (χ0v) is 5.79. The molecule has 3 N–H and O–H groups in total. The number of aliphatic carboxylic acids is 1. The first-order chi connectivity index (χ1) is 4.37. The fraction of sp³-hybridized carbons (Fsp3) is 0.333. The number of carboxylic acids is 1. The molecular formula is C3H6O6S. The number of ketones is 1. The van der Waals surface area contributed by atoms with E-state index in [-0.39, 0.29) is 0 Å². The highest BCUT2D eigenvalue weighted by molar-refractivity contribution is 7.73. The predicted molar refractivity (Wildman–Crippen MR) is 31.7 cm³/mol. The maximum atomic E-state index is 9.54. The van der Waals surface area contributed by atoms with E-state index in [1.54, 1.807) is 0 Å². The van der Waals surface area contributed by atoms with Crippen molar-refractivity contribution in [2.75, 3.05) is 0 Å². The first kappa shape index (κ1) is 11.9. The summed E-state index contributed by atoms with van der Waals surface area (Å²) in [7, 11) is 0. The molecule has 0 saturated carbocycles. The van der Waals surface area contributed by atoms with Crippen LogP contribution in [0.3, 0.4) is 0 Å². The molecule has 0 atom stereocenters. The van der Waals surface area contributed by atoms with Crippen molar-refractivity contribution in [3.05, 3.63) is 0 Å². The van der Waals surface area contributed by atoms with E-state index in [9.17, 15) is 9.59 Å². The van der Waals surface area contributed by atoms with Crippen LogP contribution in [-0.4, -0.2) is 30.2 Å². The zero-order valence-electron chi connectivity index (χ0n) is 4.97. The van der Waals surface area contributed by atoms with E-state index in [0.717, 1.165) is 6.92 Å². The van der Waals surface area contributed by atoms with Crippen LogP contribution in [0.15, 0.2) is 0 Å². The van der Waals surface area contributed by atoms with E-state index in [4.69, 9.17) is 18.4 Å². The second-order valence-corrected chi connectivity index (χ2v) is 1.55. The Morgan fingerprint density at radius 2 is 1.40 bits per heavy atom. The van der Waals surface area contributed by atoms with Crippen molar-refractivity contribution in [3.8, 4) is 0 Å². The van der Waals surface area contributed by atoms with Crippen molar-refractivity contribution in [1.29, 1.82) is 0 Å². The first-order valence-corrected chi connectivity index (χ1v) is 2.98. The van der Waals surface area contributed by atoms with E-state index < -0.39 is 23.1 Å². The lowest BCUT2D eigenvalue weighted by Gasteiger charge is -1.73. The van der Waals surface area contributed by atoms with Gasteiger partial charge in [0.15, 0.2) is 0 Å². The fourth-order valence-corrected chi connectivity index (χ4v) is 0. The second kappa shape index (κ2) is 6.33. The van der Waals surface area contributed by atoms with Gasteiger partial charge in [-0.1, -0.05) is 0 Å². The standard InChI is InChI=1S/C3H4O3.H2O3S/c1-2(4)3(5)6;1-4(2)3/h1H3,(H,5,6);(H2,1,2,3). The highest BCUT2D eigenvalue weighted by Crippen LogP contribution is 1.61. The molecule has 0 unspecified atom stereocenters. The van der Waals surface area contributed by atoms with Crippen LogP contribution in [-0.2, 0) is 21.0 Å². The van der Waals surface area contributed by atoms with E-state index in [1.165, 1.54) is 0 Å². The summed E-state index contributed by atoms with van der Waals surface area (Å²) in [6, 6.07) is 0. The molecule has 0 rings (SSSR count). The van der Waals surface area contributed by atoms with Gasteiger partial charge in [-0.15, -0.1) is 0 Å². The fourth-order valence-electron chi connectivity index (χ4n) is 0. The smallest absolute Gasteiger partial charge is 0.371 e. The maximum Gasteiger partial charge on any atom is 0.371 e. The molecule has 0 fully saturated rings. The Hall–Kier alpha value is -0.790. The van der Waals surface area contributed by atoms with Gasteiger partial charge in [0.05, 0.1) is 0 Å². The van der Waals surface area contributed by atoms with Gasteiger partial charge in [-0.25, -0.2) is 4.79 Å². The largest absolute Gasteiger partial charge is 0.476 e. The monoisotopic (exact) mass is 170 g/mol. The molecular weight excluding hydrogens is 164 g/mol. The number of carbonyl (C=O) groups excluding carboxylic acids is 1. The van der Waals surface area contributed by atoms with Gasteiger partial charge in [0.25, 0.3) is 11.4 Å². The van der Waals surface area contributed by atoms with Crippen LogP contribution in [0.1, 0.15) is 6.92 Å². The molecule has 0 aromatic carbocycles. The van der Waals surface area contributed by atoms with Crippen LogP contribution in [0.5, 0.6) is 0 Å². The first-order valence-electron chi connectivity index (χ1n) is 1.91. The lowest BCUT2D eigenvalue weighted by atomic mass is 10.5. The van der Waals surface area contributed by atoms with Crippen molar-refractivity contribution in [2.24, 2.45) is 0 Å². The zero-order chi connectivity index (χ0) is 8.73. The maximum absolute atomic E-state index is 9.54. The highest BCUT2D eigenvalue weighted by Gasteiger charge is 1.98. The van der Waals surface area contributed by atoms with Crippen molar-refractivity contribution >= 4 is 23.1 Å². The number of hydrogen-bond acceptors (Lipinski definition) is 3. The SMILES string of the molecule is CC(=O)C(=O)O.O=S(O)O. The molecule has 0 aliphatic carbocycles. The Bertz CT molecular complexity index is 135. The van der Waals surface area contributed by atoms with Gasteiger partial charge in [0.1, 0.15) is 0 Å². The van der Waals surface area contributed by atoms with Crippen LogP contribution < -0.4 is 0 Å². The molecule has 0 aliphatic heterocycles. The van der Waals surface area contributed by atoms with E-state index in [0.29, 0.717) is 0 Å². The minimum absolute atomic E-state index is 0.824. The Balaban J connectivity index is 0. The molecule has 10 heavy (non-hydrogen) atoms. The van der Waals surface area contributed by atoms with Crippen molar-refractivity contribution in [3.63, 3.8) is 0 Å². The summed E-state index contributed by atoms with van der Waals surface area (Å²) in [5, 5.41) is 7.64. The molecule has 7 heteroatoms. The van der Waals surface area contributed by atoms with Gasteiger partial charge < -0.3 is 5.11 Å². The summed E-state index contributed by atoms with van der Waals surface area (Å²) < 4.78 is 22.8. The summed E-state index contributed by atoms with van der Waals surface area (Å²) in [4.78, 5) is 18.9. The lowest BCUT2D eigenvalue weighted by Crippen LogP contribution is -2.05. The third kappa shape index (κ3) is 27.0. The number of Topliss-reactive ketones (excluding diaryl/α,β-unsaturated/α-hetero) is 1. The normalized spacial score (nSPS) is 8.00. The molecule has 0 amide bonds. The van der Waals surface area contributed by atoms with Gasteiger partial charge in [0, 0.05) is 6.92 Å². The topological polar surface area (TPSA) is 112 Å². The van der Waals surface area contributed by atoms with Crippen LogP contribution in [0.4, 0.5) is 0 Å². The summed E-state index contributed by atoms with van der Waals surface area (Å²) >= 11 is -2.61. The number of carbonyl (C=O) groups is 2. The highest BCUT2D eigenvalue weighted by atomic mass is 32.2. The van der Waals surface area contributed by atoms with E-state index >= 15 is 0 Å². The Kier molecular flexibility index (Phi) is 7.56. The van der Waals surface area contributed by atoms with Gasteiger partial charge in [0.2, 0.25) is 5.78 Å².